The third-order valence-corrected chi connectivity index (χ3v) is 6.22. The molecule has 0 aliphatic rings. The van der Waals surface area contributed by atoms with Crippen LogP contribution in [-0.4, -0.2) is 33.7 Å². The molecule has 1 N–H and O–H groups in total. The second-order valence-electron chi connectivity index (χ2n) is 7.53. The van der Waals surface area contributed by atoms with Crippen molar-refractivity contribution in [2.45, 2.75) is 26.1 Å². The van der Waals surface area contributed by atoms with Crippen LogP contribution in [0.25, 0.3) is 0 Å². The molecule has 8 heteroatoms. The molecule has 3 rings (SSSR count). The minimum absolute atomic E-state index is 0.271. The second-order valence-corrected chi connectivity index (χ2v) is 9.54. The number of amides is 1. The third kappa shape index (κ3) is 6.98. The molecule has 174 valence electrons. The summed E-state index contributed by atoms with van der Waals surface area (Å²) in [6.07, 6.45) is 0.906. The van der Waals surface area contributed by atoms with Crippen molar-refractivity contribution in [3.8, 4) is 11.5 Å². The van der Waals surface area contributed by atoms with Crippen LogP contribution in [-0.2, 0) is 21.4 Å². The van der Waals surface area contributed by atoms with Gasteiger partial charge in [-0.1, -0.05) is 37.3 Å². The van der Waals surface area contributed by atoms with E-state index in [0.29, 0.717) is 35.9 Å². The molecule has 0 fully saturated rings. The summed E-state index contributed by atoms with van der Waals surface area (Å²) in [7, 11) is -1.87. The first-order chi connectivity index (χ1) is 15.8. The van der Waals surface area contributed by atoms with Crippen molar-refractivity contribution in [2.75, 3.05) is 22.9 Å². The van der Waals surface area contributed by atoms with Gasteiger partial charge < -0.3 is 14.8 Å². The Hall–Kier alpha value is -3.52. The number of carbonyl (C=O) groups is 1. The van der Waals surface area contributed by atoms with Crippen molar-refractivity contribution in [3.05, 3.63) is 84.4 Å². The van der Waals surface area contributed by atoms with Gasteiger partial charge in [-0.2, -0.15) is 0 Å². The number of ether oxygens (including phenoxy) is 2. The zero-order chi connectivity index (χ0) is 23.8. The molecule has 0 spiro atoms. The normalized spacial score (nSPS) is 12.0. The molecule has 0 aliphatic carbocycles. The molecule has 0 saturated heterocycles. The molecule has 0 radical (unpaired) electrons. The van der Waals surface area contributed by atoms with Crippen LogP contribution in [0.2, 0.25) is 0 Å². The maximum absolute atomic E-state index is 12.7. The van der Waals surface area contributed by atoms with Gasteiger partial charge >= 0.3 is 0 Å². The van der Waals surface area contributed by atoms with E-state index in [4.69, 9.17) is 9.47 Å². The predicted octanol–water partition coefficient (Wildman–Crippen LogP) is 4.46. The standard InChI is InChI=1S/C25H28N2O5S/c1-4-24(32-23-16-12-21(13-17-23)27(2)33(3,29)30)25(28)26-20-10-14-22(15-11-20)31-18-19-8-6-5-7-9-19/h5-17,24H,4,18H2,1-3H3,(H,26,28)/t24-/m1/s1. The molecule has 0 aliphatic heterocycles. The number of benzene rings is 3. The van der Waals surface area contributed by atoms with E-state index in [-0.39, 0.29) is 5.91 Å². The first-order valence-corrected chi connectivity index (χ1v) is 12.4. The highest BCUT2D eigenvalue weighted by atomic mass is 32.2. The highest BCUT2D eigenvalue weighted by Crippen LogP contribution is 2.22. The maximum Gasteiger partial charge on any atom is 0.265 e. The first kappa shape index (κ1) is 24.1. The smallest absolute Gasteiger partial charge is 0.265 e. The summed E-state index contributed by atoms with van der Waals surface area (Å²) in [5.74, 6) is 0.916. The van der Waals surface area contributed by atoms with E-state index in [2.05, 4.69) is 5.32 Å². The highest BCUT2D eigenvalue weighted by Gasteiger charge is 2.19. The van der Waals surface area contributed by atoms with E-state index in [0.717, 1.165) is 11.8 Å². The summed E-state index contributed by atoms with van der Waals surface area (Å²) >= 11 is 0. The fourth-order valence-electron chi connectivity index (χ4n) is 3.01. The Morgan fingerprint density at radius 3 is 2.12 bits per heavy atom. The van der Waals surface area contributed by atoms with E-state index < -0.39 is 16.1 Å². The lowest BCUT2D eigenvalue weighted by atomic mass is 10.2. The number of hydrogen-bond acceptors (Lipinski definition) is 5. The molecular formula is C25H28N2O5S. The van der Waals surface area contributed by atoms with Crippen molar-refractivity contribution in [3.63, 3.8) is 0 Å². The number of carbonyl (C=O) groups excluding carboxylic acids is 1. The number of nitrogens with zero attached hydrogens (tertiary/aromatic N) is 1. The lowest BCUT2D eigenvalue weighted by Gasteiger charge is -2.19. The Morgan fingerprint density at radius 1 is 0.939 bits per heavy atom. The minimum Gasteiger partial charge on any atom is -0.489 e. The van der Waals surface area contributed by atoms with Gasteiger partial charge in [0.1, 0.15) is 18.1 Å². The molecule has 1 atom stereocenters. The van der Waals surface area contributed by atoms with Crippen LogP contribution >= 0.6 is 0 Å². The van der Waals surface area contributed by atoms with Crippen LogP contribution in [0.5, 0.6) is 11.5 Å². The molecule has 0 unspecified atom stereocenters. The molecule has 0 bridgehead atoms. The Balaban J connectivity index is 1.56. The van der Waals surface area contributed by atoms with Gasteiger partial charge in [0.15, 0.2) is 6.10 Å². The minimum atomic E-state index is -3.35. The molecule has 0 saturated carbocycles. The van der Waals surface area contributed by atoms with Gasteiger partial charge in [0.05, 0.1) is 11.9 Å². The quantitative estimate of drug-likeness (QED) is 0.475. The molecular weight excluding hydrogens is 440 g/mol. The van der Waals surface area contributed by atoms with Crippen molar-refractivity contribution in [1.82, 2.24) is 0 Å². The Morgan fingerprint density at radius 2 is 1.55 bits per heavy atom. The van der Waals surface area contributed by atoms with Gasteiger partial charge in [0.25, 0.3) is 5.91 Å². The van der Waals surface area contributed by atoms with Crippen molar-refractivity contribution in [1.29, 1.82) is 0 Å². The average molecular weight is 469 g/mol. The van der Waals surface area contributed by atoms with Gasteiger partial charge in [-0.05, 0) is 60.5 Å². The topological polar surface area (TPSA) is 84.9 Å². The van der Waals surface area contributed by atoms with Crippen LogP contribution in [0.1, 0.15) is 18.9 Å². The summed E-state index contributed by atoms with van der Waals surface area (Å²) in [6.45, 7) is 2.33. The van der Waals surface area contributed by atoms with Gasteiger partial charge in [-0.25, -0.2) is 8.42 Å². The van der Waals surface area contributed by atoms with Crippen LogP contribution in [0.3, 0.4) is 0 Å². The fourth-order valence-corrected chi connectivity index (χ4v) is 3.52. The summed E-state index contributed by atoms with van der Waals surface area (Å²) < 4.78 is 36.1. The molecule has 1 amide bonds. The molecule has 3 aromatic rings. The van der Waals surface area contributed by atoms with Crippen LogP contribution in [0, 0.1) is 0 Å². The summed E-state index contributed by atoms with van der Waals surface area (Å²) in [5, 5.41) is 2.86. The lowest BCUT2D eigenvalue weighted by Crippen LogP contribution is -2.32. The molecule has 3 aromatic carbocycles. The van der Waals surface area contributed by atoms with Gasteiger partial charge in [0, 0.05) is 12.7 Å². The number of sulfonamides is 1. The Kier molecular flexibility index (Phi) is 7.95. The molecule has 7 nitrogen and oxygen atoms in total. The predicted molar refractivity (Wildman–Crippen MR) is 130 cm³/mol. The highest BCUT2D eigenvalue weighted by molar-refractivity contribution is 7.92. The summed E-state index contributed by atoms with van der Waals surface area (Å²) in [4.78, 5) is 12.7. The summed E-state index contributed by atoms with van der Waals surface area (Å²) in [5.41, 5.74) is 2.23. The van der Waals surface area contributed by atoms with Gasteiger partial charge in [-0.15, -0.1) is 0 Å². The zero-order valence-electron chi connectivity index (χ0n) is 18.9. The van der Waals surface area contributed by atoms with E-state index in [1.54, 1.807) is 48.5 Å². The van der Waals surface area contributed by atoms with E-state index in [9.17, 15) is 13.2 Å². The number of nitrogens with one attached hydrogen (secondary N) is 1. The van der Waals surface area contributed by atoms with E-state index >= 15 is 0 Å². The van der Waals surface area contributed by atoms with Crippen LogP contribution < -0.4 is 19.1 Å². The lowest BCUT2D eigenvalue weighted by molar-refractivity contribution is -0.122. The van der Waals surface area contributed by atoms with Crippen molar-refractivity contribution >= 4 is 27.3 Å². The van der Waals surface area contributed by atoms with E-state index in [1.165, 1.54) is 11.4 Å². The molecule has 0 aromatic heterocycles. The number of rotatable bonds is 10. The maximum atomic E-state index is 12.7. The largest absolute Gasteiger partial charge is 0.489 e. The Labute approximate surface area is 195 Å². The molecule has 0 heterocycles. The first-order valence-electron chi connectivity index (χ1n) is 10.5. The number of anilines is 2. The zero-order valence-corrected chi connectivity index (χ0v) is 19.7. The van der Waals surface area contributed by atoms with Crippen LogP contribution in [0.4, 0.5) is 11.4 Å². The van der Waals surface area contributed by atoms with Crippen molar-refractivity contribution in [2.24, 2.45) is 0 Å². The van der Waals surface area contributed by atoms with Crippen LogP contribution in [0.15, 0.2) is 78.9 Å². The number of hydrogen-bond donors (Lipinski definition) is 1. The van der Waals surface area contributed by atoms with Crippen molar-refractivity contribution < 1.29 is 22.7 Å². The monoisotopic (exact) mass is 468 g/mol. The van der Waals surface area contributed by atoms with E-state index in [1.807, 2.05) is 37.3 Å². The Bertz CT molecular complexity index is 1150. The SMILES string of the molecule is CC[C@@H](Oc1ccc(N(C)S(C)(=O)=O)cc1)C(=O)Nc1ccc(OCc2ccccc2)cc1. The van der Waals surface area contributed by atoms with Gasteiger partial charge in [-0.3, -0.25) is 9.10 Å². The summed E-state index contributed by atoms with van der Waals surface area (Å²) in [6, 6.07) is 23.6. The molecule has 33 heavy (non-hydrogen) atoms. The third-order valence-electron chi connectivity index (χ3n) is 5.01. The fraction of sp³-hybridized carbons (Fsp3) is 0.240. The average Bonchev–Trinajstić information content (AvgIpc) is 2.82. The second kappa shape index (κ2) is 10.9. The van der Waals surface area contributed by atoms with Gasteiger partial charge in [0.2, 0.25) is 10.0 Å².